The number of benzene rings is 1. The fourth-order valence-corrected chi connectivity index (χ4v) is 2.50. The molecule has 4 nitrogen and oxygen atoms in total. The van der Waals surface area contributed by atoms with Gasteiger partial charge in [-0.25, -0.2) is 9.97 Å². The molecule has 0 fully saturated rings. The van der Waals surface area contributed by atoms with Crippen LogP contribution >= 0.6 is 0 Å². The van der Waals surface area contributed by atoms with E-state index in [0.29, 0.717) is 5.71 Å². The van der Waals surface area contributed by atoms with Crippen LogP contribution in [0.3, 0.4) is 0 Å². The molecule has 96 valence electrons. The molecule has 0 saturated heterocycles. The van der Waals surface area contributed by atoms with Crippen LogP contribution in [0.25, 0.3) is 16.6 Å². The fourth-order valence-electron chi connectivity index (χ4n) is 2.50. The number of aromatic nitrogens is 3. The zero-order valence-electron chi connectivity index (χ0n) is 11.4. The lowest BCUT2D eigenvalue weighted by Crippen LogP contribution is -2.04. The first kappa shape index (κ1) is 11.8. The van der Waals surface area contributed by atoms with Crippen LogP contribution < -0.4 is 0 Å². The van der Waals surface area contributed by atoms with Gasteiger partial charge in [0.15, 0.2) is 0 Å². The van der Waals surface area contributed by atoms with Crippen LogP contribution in [0, 0.1) is 12.3 Å². The largest absolute Gasteiger partial charge is 0.305 e. The zero-order chi connectivity index (χ0) is 13.6. The van der Waals surface area contributed by atoms with E-state index in [4.69, 9.17) is 10.4 Å². The molecule has 4 heteroatoms. The molecule has 0 saturated carbocycles. The molecule has 0 unspecified atom stereocenters. The Morgan fingerprint density at radius 2 is 2.16 bits per heavy atom. The molecule has 3 rings (SSSR count). The Bertz CT molecular complexity index is 799. The quantitative estimate of drug-likeness (QED) is 0.712. The van der Waals surface area contributed by atoms with Gasteiger partial charge < -0.3 is 5.41 Å². The van der Waals surface area contributed by atoms with Crippen molar-refractivity contribution in [3.63, 3.8) is 0 Å². The molecule has 2 heterocycles. The Balaban J connectivity index is 2.56. The van der Waals surface area contributed by atoms with Gasteiger partial charge in [0.1, 0.15) is 11.5 Å². The van der Waals surface area contributed by atoms with Crippen molar-refractivity contribution in [3.05, 3.63) is 41.5 Å². The Hall–Kier alpha value is -2.23. The lowest BCUT2D eigenvalue weighted by molar-refractivity contribution is 0.913. The molecule has 0 aliphatic rings. The molecule has 3 aromatic rings. The van der Waals surface area contributed by atoms with Crippen LogP contribution in [0.2, 0.25) is 0 Å². The number of aryl methyl sites for hydroxylation is 2. The SMILES string of the molecule is CCc1nc2c(C(C)=N)cc(C)cc2c2nccn12. The zero-order valence-corrected chi connectivity index (χ0v) is 11.4. The van der Waals surface area contributed by atoms with Crippen LogP contribution in [0.1, 0.15) is 30.8 Å². The highest BCUT2D eigenvalue weighted by molar-refractivity contribution is 6.09. The minimum Gasteiger partial charge on any atom is -0.305 e. The summed E-state index contributed by atoms with van der Waals surface area (Å²) in [6.45, 7) is 5.93. The fraction of sp³-hybridized carbons (Fsp3) is 0.267. The van der Waals surface area contributed by atoms with E-state index in [9.17, 15) is 0 Å². The third-order valence-corrected chi connectivity index (χ3v) is 3.38. The number of nitrogens with zero attached hydrogens (tertiary/aromatic N) is 3. The summed E-state index contributed by atoms with van der Waals surface area (Å²) < 4.78 is 2.03. The Labute approximate surface area is 111 Å². The molecule has 2 aromatic heterocycles. The van der Waals surface area contributed by atoms with Crippen molar-refractivity contribution in [1.82, 2.24) is 14.4 Å². The van der Waals surface area contributed by atoms with Crippen LogP contribution in [-0.4, -0.2) is 20.1 Å². The van der Waals surface area contributed by atoms with E-state index in [1.54, 1.807) is 13.1 Å². The Morgan fingerprint density at radius 1 is 1.37 bits per heavy atom. The third-order valence-electron chi connectivity index (χ3n) is 3.38. The maximum atomic E-state index is 7.95. The van der Waals surface area contributed by atoms with Gasteiger partial charge >= 0.3 is 0 Å². The van der Waals surface area contributed by atoms with Crippen LogP contribution in [0.4, 0.5) is 0 Å². The summed E-state index contributed by atoms with van der Waals surface area (Å²) in [6, 6.07) is 4.12. The first-order valence-corrected chi connectivity index (χ1v) is 6.43. The lowest BCUT2D eigenvalue weighted by atomic mass is 10.0. The molecular formula is C15H16N4. The highest BCUT2D eigenvalue weighted by atomic mass is 15.1. The molecule has 0 atom stereocenters. The highest BCUT2D eigenvalue weighted by Crippen LogP contribution is 2.24. The van der Waals surface area contributed by atoms with Gasteiger partial charge in [-0.15, -0.1) is 0 Å². The number of nitrogens with one attached hydrogen (secondary N) is 1. The first-order chi connectivity index (χ1) is 9.11. The van der Waals surface area contributed by atoms with E-state index in [1.807, 2.05) is 23.6 Å². The number of hydrogen-bond acceptors (Lipinski definition) is 3. The van der Waals surface area contributed by atoms with E-state index in [-0.39, 0.29) is 0 Å². The predicted molar refractivity (Wildman–Crippen MR) is 77.1 cm³/mol. The van der Waals surface area contributed by atoms with Gasteiger partial charge in [-0.2, -0.15) is 0 Å². The van der Waals surface area contributed by atoms with Crippen molar-refractivity contribution in [1.29, 1.82) is 5.41 Å². The van der Waals surface area contributed by atoms with E-state index in [0.717, 1.165) is 39.9 Å². The number of imidazole rings is 1. The summed E-state index contributed by atoms with van der Waals surface area (Å²) in [5.41, 5.74) is 4.38. The van der Waals surface area contributed by atoms with Crippen LogP contribution in [-0.2, 0) is 6.42 Å². The molecule has 0 spiro atoms. The summed E-state index contributed by atoms with van der Waals surface area (Å²) in [5, 5.41) is 8.96. The highest BCUT2D eigenvalue weighted by Gasteiger charge is 2.12. The second-order valence-corrected chi connectivity index (χ2v) is 4.84. The van der Waals surface area contributed by atoms with Crippen molar-refractivity contribution in [2.45, 2.75) is 27.2 Å². The van der Waals surface area contributed by atoms with Gasteiger partial charge in [-0.05, 0) is 31.5 Å². The van der Waals surface area contributed by atoms with Gasteiger partial charge in [0, 0.05) is 35.5 Å². The summed E-state index contributed by atoms with van der Waals surface area (Å²) in [5.74, 6) is 0.978. The molecule has 1 aromatic carbocycles. The smallest absolute Gasteiger partial charge is 0.147 e. The maximum absolute atomic E-state index is 7.95. The minimum absolute atomic E-state index is 0.541. The molecule has 0 bridgehead atoms. The first-order valence-electron chi connectivity index (χ1n) is 6.43. The van der Waals surface area contributed by atoms with Crippen molar-refractivity contribution in [2.75, 3.05) is 0 Å². The van der Waals surface area contributed by atoms with Gasteiger partial charge in [0.05, 0.1) is 5.52 Å². The predicted octanol–water partition coefficient (Wildman–Crippen LogP) is 3.14. The monoisotopic (exact) mass is 252 g/mol. The van der Waals surface area contributed by atoms with Gasteiger partial charge in [0.25, 0.3) is 0 Å². The average Bonchev–Trinajstić information content (AvgIpc) is 2.86. The normalized spacial score (nSPS) is 11.3. The summed E-state index contributed by atoms with van der Waals surface area (Å²) in [6.07, 6.45) is 4.59. The van der Waals surface area contributed by atoms with E-state index in [1.165, 1.54) is 0 Å². The van der Waals surface area contributed by atoms with Crippen molar-refractivity contribution in [2.24, 2.45) is 0 Å². The maximum Gasteiger partial charge on any atom is 0.147 e. The number of rotatable bonds is 2. The van der Waals surface area contributed by atoms with Crippen LogP contribution in [0.5, 0.6) is 0 Å². The molecule has 0 amide bonds. The minimum atomic E-state index is 0.541. The molecule has 19 heavy (non-hydrogen) atoms. The number of fused-ring (bicyclic) bond motifs is 3. The summed E-state index contributed by atoms with van der Waals surface area (Å²) in [4.78, 5) is 9.19. The molecule has 1 N–H and O–H groups in total. The topological polar surface area (TPSA) is 54.0 Å². The molecular weight excluding hydrogens is 236 g/mol. The summed E-state index contributed by atoms with van der Waals surface area (Å²) in [7, 11) is 0. The van der Waals surface area contributed by atoms with E-state index in [2.05, 4.69) is 18.0 Å². The van der Waals surface area contributed by atoms with Gasteiger partial charge in [-0.1, -0.05) is 6.92 Å². The third kappa shape index (κ3) is 1.71. The molecule has 0 aliphatic carbocycles. The molecule has 0 radical (unpaired) electrons. The summed E-state index contributed by atoms with van der Waals surface area (Å²) >= 11 is 0. The van der Waals surface area contributed by atoms with Crippen LogP contribution in [0.15, 0.2) is 24.5 Å². The van der Waals surface area contributed by atoms with E-state index < -0.39 is 0 Å². The number of hydrogen-bond donors (Lipinski definition) is 1. The lowest BCUT2D eigenvalue weighted by Gasteiger charge is -2.10. The van der Waals surface area contributed by atoms with Gasteiger partial charge in [0.2, 0.25) is 0 Å². The van der Waals surface area contributed by atoms with Crippen molar-refractivity contribution in [3.8, 4) is 0 Å². The standard InChI is InChI=1S/C15H16N4/c1-4-13-18-14-11(10(3)16)7-9(2)8-12(14)15-17-5-6-19(13)15/h5-8,16H,4H2,1-3H3. The average molecular weight is 252 g/mol. The Morgan fingerprint density at radius 3 is 2.84 bits per heavy atom. The van der Waals surface area contributed by atoms with E-state index >= 15 is 0 Å². The second kappa shape index (κ2) is 4.16. The van der Waals surface area contributed by atoms with Crippen molar-refractivity contribution >= 4 is 22.3 Å². The second-order valence-electron chi connectivity index (χ2n) is 4.84. The van der Waals surface area contributed by atoms with Gasteiger partial charge in [-0.3, -0.25) is 4.40 Å². The Kier molecular flexibility index (Phi) is 2.59. The molecule has 0 aliphatic heterocycles. The van der Waals surface area contributed by atoms with Crippen molar-refractivity contribution < 1.29 is 0 Å².